The SMILES string of the molecule is Cc1sc2cc3ccccn3c2[n+]1C. The van der Waals surface area contributed by atoms with E-state index in [1.165, 1.54) is 20.9 Å². The van der Waals surface area contributed by atoms with E-state index in [1.54, 1.807) is 0 Å². The molecular formula is C11H11N2S+. The lowest BCUT2D eigenvalue weighted by molar-refractivity contribution is -0.648. The number of aromatic nitrogens is 2. The maximum atomic E-state index is 2.24. The van der Waals surface area contributed by atoms with Crippen LogP contribution in [0.3, 0.4) is 0 Å². The minimum absolute atomic E-state index is 1.27. The third kappa shape index (κ3) is 0.876. The lowest BCUT2D eigenvalue weighted by Crippen LogP contribution is -2.30. The van der Waals surface area contributed by atoms with Gasteiger partial charge in [-0.2, -0.15) is 4.40 Å². The van der Waals surface area contributed by atoms with Gasteiger partial charge in [-0.05, 0) is 12.1 Å². The van der Waals surface area contributed by atoms with E-state index in [0.29, 0.717) is 0 Å². The molecule has 0 saturated carbocycles. The molecule has 0 aromatic carbocycles. The fraction of sp³-hybridized carbons (Fsp3) is 0.182. The summed E-state index contributed by atoms with van der Waals surface area (Å²) in [6.07, 6.45) is 2.11. The highest BCUT2D eigenvalue weighted by Gasteiger charge is 2.16. The molecule has 0 atom stereocenters. The molecule has 0 spiro atoms. The Morgan fingerprint density at radius 1 is 1.36 bits per heavy atom. The van der Waals surface area contributed by atoms with Crippen molar-refractivity contribution in [2.45, 2.75) is 6.92 Å². The van der Waals surface area contributed by atoms with Gasteiger partial charge in [0.15, 0.2) is 5.01 Å². The molecule has 0 aliphatic rings. The maximum absolute atomic E-state index is 2.24. The zero-order chi connectivity index (χ0) is 9.71. The summed E-state index contributed by atoms with van der Waals surface area (Å²) in [5.41, 5.74) is 2.56. The van der Waals surface area contributed by atoms with Crippen LogP contribution in [0.15, 0.2) is 30.5 Å². The van der Waals surface area contributed by atoms with Crippen LogP contribution >= 0.6 is 11.3 Å². The Balaban J connectivity index is 2.62. The summed E-state index contributed by atoms with van der Waals surface area (Å²) < 4.78 is 5.84. The number of thiazole rings is 1. The van der Waals surface area contributed by atoms with Crippen molar-refractivity contribution < 1.29 is 4.57 Å². The van der Waals surface area contributed by atoms with Crippen molar-refractivity contribution >= 4 is 27.2 Å². The number of pyridine rings is 1. The highest BCUT2D eigenvalue weighted by Crippen LogP contribution is 2.23. The lowest BCUT2D eigenvalue weighted by Gasteiger charge is -1.90. The average molecular weight is 203 g/mol. The number of aryl methyl sites for hydroxylation is 2. The van der Waals surface area contributed by atoms with Crippen LogP contribution in [-0.4, -0.2) is 4.40 Å². The molecule has 0 aliphatic carbocycles. The van der Waals surface area contributed by atoms with E-state index in [2.05, 4.69) is 53.4 Å². The van der Waals surface area contributed by atoms with E-state index in [-0.39, 0.29) is 0 Å². The molecule has 0 bridgehead atoms. The zero-order valence-corrected chi connectivity index (χ0v) is 9.01. The number of hydrogen-bond acceptors (Lipinski definition) is 1. The summed E-state index contributed by atoms with van der Waals surface area (Å²) in [5, 5.41) is 1.34. The number of hydrogen-bond donors (Lipinski definition) is 0. The van der Waals surface area contributed by atoms with Gasteiger partial charge in [0, 0.05) is 13.0 Å². The van der Waals surface area contributed by atoms with E-state index in [0.717, 1.165) is 0 Å². The molecule has 0 unspecified atom stereocenters. The number of rotatable bonds is 0. The highest BCUT2D eigenvalue weighted by molar-refractivity contribution is 7.18. The highest BCUT2D eigenvalue weighted by atomic mass is 32.1. The first-order chi connectivity index (χ1) is 6.77. The molecule has 70 valence electrons. The first kappa shape index (κ1) is 8.00. The first-order valence-corrected chi connectivity index (χ1v) is 5.44. The molecule has 0 N–H and O–H groups in total. The van der Waals surface area contributed by atoms with E-state index in [4.69, 9.17) is 0 Å². The Labute approximate surface area is 86.0 Å². The van der Waals surface area contributed by atoms with Gasteiger partial charge in [-0.25, -0.2) is 4.57 Å². The number of fused-ring (bicyclic) bond motifs is 3. The monoisotopic (exact) mass is 203 g/mol. The standard InChI is InChI=1S/C11H11N2S/c1-8-12(2)11-10(14-8)7-9-5-3-4-6-13(9)11/h3-7H,1-2H3/q+1. The van der Waals surface area contributed by atoms with Crippen LogP contribution in [0, 0.1) is 6.92 Å². The van der Waals surface area contributed by atoms with Crippen LogP contribution in [-0.2, 0) is 7.05 Å². The van der Waals surface area contributed by atoms with Gasteiger partial charge < -0.3 is 0 Å². The topological polar surface area (TPSA) is 8.29 Å². The molecule has 3 heterocycles. The van der Waals surface area contributed by atoms with Gasteiger partial charge in [-0.15, -0.1) is 0 Å². The number of nitrogens with zero attached hydrogens (tertiary/aromatic N) is 2. The lowest BCUT2D eigenvalue weighted by atomic mass is 10.4. The van der Waals surface area contributed by atoms with Crippen molar-refractivity contribution in [1.29, 1.82) is 0 Å². The molecule has 3 heteroatoms. The Kier molecular flexibility index (Phi) is 1.47. The summed E-state index contributed by atoms with van der Waals surface area (Å²) >= 11 is 1.85. The molecule has 0 radical (unpaired) electrons. The van der Waals surface area contributed by atoms with Gasteiger partial charge in [0.25, 0.3) is 0 Å². The minimum atomic E-state index is 1.27. The molecule has 3 aromatic rings. The van der Waals surface area contributed by atoms with Gasteiger partial charge in [-0.1, -0.05) is 17.4 Å². The fourth-order valence-corrected chi connectivity index (χ4v) is 2.91. The van der Waals surface area contributed by atoms with Gasteiger partial charge in [-0.3, -0.25) is 0 Å². The van der Waals surface area contributed by atoms with Crippen LogP contribution in [0.2, 0.25) is 0 Å². The van der Waals surface area contributed by atoms with Crippen molar-refractivity contribution in [1.82, 2.24) is 4.40 Å². The molecule has 0 saturated heterocycles. The Morgan fingerprint density at radius 3 is 3.07 bits per heavy atom. The van der Waals surface area contributed by atoms with Crippen molar-refractivity contribution in [2.75, 3.05) is 0 Å². The van der Waals surface area contributed by atoms with Crippen LogP contribution < -0.4 is 4.57 Å². The van der Waals surface area contributed by atoms with Gasteiger partial charge in [0.2, 0.25) is 0 Å². The summed E-state index contributed by atoms with van der Waals surface area (Å²) in [6, 6.07) is 8.53. The van der Waals surface area contributed by atoms with Crippen LogP contribution in [0.1, 0.15) is 5.01 Å². The molecule has 0 fully saturated rings. The summed E-state index contributed by atoms with van der Waals surface area (Å²) in [7, 11) is 2.12. The maximum Gasteiger partial charge on any atom is 0.304 e. The second kappa shape index (κ2) is 2.58. The van der Waals surface area contributed by atoms with Crippen molar-refractivity contribution in [3.8, 4) is 0 Å². The third-order valence-corrected chi connectivity index (χ3v) is 3.76. The second-order valence-electron chi connectivity index (χ2n) is 3.51. The summed E-state index contributed by atoms with van der Waals surface area (Å²) in [4.78, 5) is 0. The first-order valence-electron chi connectivity index (χ1n) is 4.62. The van der Waals surface area contributed by atoms with Crippen LogP contribution in [0.5, 0.6) is 0 Å². The van der Waals surface area contributed by atoms with Crippen molar-refractivity contribution in [3.63, 3.8) is 0 Å². The minimum Gasteiger partial charge on any atom is -0.223 e. The predicted octanol–water partition coefficient (Wildman–Crippen LogP) is 2.29. The average Bonchev–Trinajstić information content (AvgIpc) is 2.65. The summed E-state index contributed by atoms with van der Waals surface area (Å²) in [5.74, 6) is 0. The van der Waals surface area contributed by atoms with E-state index in [1.807, 2.05) is 11.3 Å². The molecule has 3 rings (SSSR count). The molecule has 3 aromatic heterocycles. The quantitative estimate of drug-likeness (QED) is 0.495. The third-order valence-electron chi connectivity index (χ3n) is 2.67. The molecule has 2 nitrogen and oxygen atoms in total. The van der Waals surface area contributed by atoms with Crippen molar-refractivity contribution in [2.24, 2.45) is 7.05 Å². The van der Waals surface area contributed by atoms with E-state index in [9.17, 15) is 0 Å². The van der Waals surface area contributed by atoms with Crippen LogP contribution in [0.4, 0.5) is 0 Å². The smallest absolute Gasteiger partial charge is 0.223 e. The van der Waals surface area contributed by atoms with Crippen LogP contribution in [0.25, 0.3) is 15.9 Å². The van der Waals surface area contributed by atoms with Crippen molar-refractivity contribution in [3.05, 3.63) is 35.5 Å². The molecule has 14 heavy (non-hydrogen) atoms. The zero-order valence-electron chi connectivity index (χ0n) is 8.19. The second-order valence-corrected chi connectivity index (χ2v) is 4.74. The fourth-order valence-electron chi connectivity index (χ4n) is 1.86. The summed E-state index contributed by atoms with van der Waals surface area (Å²) in [6.45, 7) is 2.15. The molecular weight excluding hydrogens is 192 g/mol. The van der Waals surface area contributed by atoms with E-state index < -0.39 is 0 Å². The van der Waals surface area contributed by atoms with Gasteiger partial charge in [0.1, 0.15) is 10.2 Å². The molecule has 0 amide bonds. The normalized spacial score (nSPS) is 11.6. The van der Waals surface area contributed by atoms with E-state index >= 15 is 0 Å². The Morgan fingerprint density at radius 2 is 2.21 bits per heavy atom. The van der Waals surface area contributed by atoms with Gasteiger partial charge in [0.05, 0.1) is 13.2 Å². The Hall–Kier alpha value is -1.35. The Bertz CT molecular complexity index is 619. The molecule has 0 aliphatic heterocycles. The predicted molar refractivity (Wildman–Crippen MR) is 58.7 cm³/mol. The largest absolute Gasteiger partial charge is 0.304 e. The van der Waals surface area contributed by atoms with Gasteiger partial charge >= 0.3 is 5.65 Å².